The third-order valence-corrected chi connectivity index (χ3v) is 4.27. The molecule has 1 saturated heterocycles. The van der Waals surface area contributed by atoms with Gasteiger partial charge in [0.05, 0.1) is 12.0 Å². The highest BCUT2D eigenvalue weighted by atomic mass is 15.1. The van der Waals surface area contributed by atoms with Gasteiger partial charge in [-0.1, -0.05) is 20.8 Å². The molecular weight excluding hydrogens is 222 g/mol. The third-order valence-electron chi connectivity index (χ3n) is 4.27. The zero-order valence-electron chi connectivity index (χ0n) is 12.2. The Morgan fingerprint density at radius 3 is 2.89 bits per heavy atom. The lowest BCUT2D eigenvalue weighted by Crippen LogP contribution is -2.36. The highest BCUT2D eigenvalue weighted by Crippen LogP contribution is 2.28. The van der Waals surface area contributed by atoms with E-state index in [9.17, 15) is 0 Å². The number of piperidine rings is 1. The van der Waals surface area contributed by atoms with Gasteiger partial charge in [-0.3, -0.25) is 0 Å². The maximum Gasteiger partial charge on any atom is 0.0948 e. The molecule has 0 amide bonds. The van der Waals surface area contributed by atoms with Crippen molar-refractivity contribution in [1.82, 2.24) is 14.9 Å². The van der Waals surface area contributed by atoms with Gasteiger partial charge in [-0.2, -0.15) is 0 Å². The van der Waals surface area contributed by atoms with E-state index in [-0.39, 0.29) is 0 Å². The lowest BCUT2D eigenvalue weighted by atomic mass is 9.90. The Morgan fingerprint density at radius 1 is 1.44 bits per heavy atom. The summed E-state index contributed by atoms with van der Waals surface area (Å²) in [7, 11) is 0. The van der Waals surface area contributed by atoms with Crippen molar-refractivity contribution < 1.29 is 0 Å². The Bertz CT molecular complexity index is 381. The molecule has 0 radical (unpaired) electrons. The Hall–Kier alpha value is -0.830. The normalized spacial score (nSPS) is 25.3. The smallest absolute Gasteiger partial charge is 0.0948 e. The minimum Gasteiger partial charge on any atom is -0.333 e. The Labute approximate surface area is 111 Å². The summed E-state index contributed by atoms with van der Waals surface area (Å²) in [4.78, 5) is 4.36. The van der Waals surface area contributed by atoms with Crippen molar-refractivity contribution in [3.8, 4) is 0 Å². The largest absolute Gasteiger partial charge is 0.333 e. The number of nitrogens with one attached hydrogen (secondary N) is 1. The third kappa shape index (κ3) is 3.14. The zero-order chi connectivity index (χ0) is 13.2. The molecule has 0 bridgehead atoms. The topological polar surface area (TPSA) is 29.9 Å². The summed E-state index contributed by atoms with van der Waals surface area (Å²) in [6.07, 6.45) is 9.09. The van der Waals surface area contributed by atoms with E-state index in [1.807, 2.05) is 12.5 Å². The van der Waals surface area contributed by atoms with Crippen LogP contribution in [0.15, 0.2) is 12.5 Å². The molecule has 0 aromatic carbocycles. The van der Waals surface area contributed by atoms with Gasteiger partial charge in [-0.15, -0.1) is 0 Å². The van der Waals surface area contributed by atoms with E-state index in [1.54, 1.807) is 0 Å². The molecule has 1 aliphatic heterocycles. The van der Waals surface area contributed by atoms with Crippen molar-refractivity contribution in [2.24, 2.45) is 5.41 Å². The molecule has 1 aromatic heterocycles. The first kappa shape index (κ1) is 13.6. The molecule has 1 aromatic rings. The van der Waals surface area contributed by atoms with Crippen molar-refractivity contribution >= 4 is 0 Å². The maximum atomic E-state index is 4.36. The summed E-state index contributed by atoms with van der Waals surface area (Å²) in [5.41, 5.74) is 1.71. The SMILES string of the molecule is CCC(C)(C)Cn1cncc1C1CCCC(C)N1. The molecule has 0 saturated carbocycles. The van der Waals surface area contributed by atoms with E-state index >= 15 is 0 Å². The van der Waals surface area contributed by atoms with E-state index < -0.39 is 0 Å². The molecule has 18 heavy (non-hydrogen) atoms. The quantitative estimate of drug-likeness (QED) is 0.884. The van der Waals surface area contributed by atoms with Crippen molar-refractivity contribution in [3.05, 3.63) is 18.2 Å². The fourth-order valence-corrected chi connectivity index (χ4v) is 2.70. The second kappa shape index (κ2) is 5.43. The molecule has 0 spiro atoms. The predicted octanol–water partition coefficient (Wildman–Crippen LogP) is 3.52. The summed E-state index contributed by atoms with van der Waals surface area (Å²) in [5.74, 6) is 0. The van der Waals surface area contributed by atoms with Gasteiger partial charge >= 0.3 is 0 Å². The van der Waals surface area contributed by atoms with Crippen LogP contribution in [0.3, 0.4) is 0 Å². The van der Waals surface area contributed by atoms with E-state index in [4.69, 9.17) is 0 Å². The molecule has 0 aliphatic carbocycles. The average molecular weight is 249 g/mol. The van der Waals surface area contributed by atoms with Crippen LogP contribution in [0.2, 0.25) is 0 Å². The first-order valence-electron chi connectivity index (χ1n) is 7.28. The molecule has 2 heterocycles. The lowest BCUT2D eigenvalue weighted by Gasteiger charge is -2.31. The summed E-state index contributed by atoms with van der Waals surface area (Å²) in [6.45, 7) is 10.3. The molecule has 1 N–H and O–H groups in total. The minimum atomic E-state index is 0.343. The fourth-order valence-electron chi connectivity index (χ4n) is 2.70. The number of nitrogens with zero attached hydrogens (tertiary/aromatic N) is 2. The van der Waals surface area contributed by atoms with Crippen molar-refractivity contribution in [2.75, 3.05) is 0 Å². The number of aromatic nitrogens is 2. The van der Waals surface area contributed by atoms with Crippen LogP contribution in [-0.2, 0) is 6.54 Å². The van der Waals surface area contributed by atoms with Crippen LogP contribution in [0.25, 0.3) is 0 Å². The van der Waals surface area contributed by atoms with Gasteiger partial charge in [0.2, 0.25) is 0 Å². The van der Waals surface area contributed by atoms with Crippen molar-refractivity contribution in [3.63, 3.8) is 0 Å². The van der Waals surface area contributed by atoms with Crippen molar-refractivity contribution in [2.45, 2.75) is 72.0 Å². The highest BCUT2D eigenvalue weighted by molar-refractivity contribution is 5.07. The van der Waals surface area contributed by atoms with Crippen LogP contribution < -0.4 is 5.32 Å². The lowest BCUT2D eigenvalue weighted by molar-refractivity contribution is 0.274. The Balaban J connectivity index is 2.12. The molecule has 1 aliphatic rings. The molecule has 2 atom stereocenters. The summed E-state index contributed by atoms with van der Waals surface area (Å²) in [5, 5.41) is 3.70. The van der Waals surface area contributed by atoms with Gasteiger partial charge in [-0.25, -0.2) is 4.98 Å². The van der Waals surface area contributed by atoms with E-state index in [0.29, 0.717) is 17.5 Å². The van der Waals surface area contributed by atoms with Gasteiger partial charge in [-0.05, 0) is 38.0 Å². The Morgan fingerprint density at radius 2 is 2.22 bits per heavy atom. The minimum absolute atomic E-state index is 0.343. The van der Waals surface area contributed by atoms with Crippen LogP contribution in [-0.4, -0.2) is 15.6 Å². The van der Waals surface area contributed by atoms with E-state index in [0.717, 1.165) is 6.54 Å². The maximum absolute atomic E-state index is 4.36. The predicted molar refractivity (Wildman–Crippen MR) is 75.5 cm³/mol. The molecule has 2 unspecified atom stereocenters. The van der Waals surface area contributed by atoms with Crippen LogP contribution in [0.4, 0.5) is 0 Å². The van der Waals surface area contributed by atoms with Gasteiger partial charge in [0, 0.05) is 24.8 Å². The second-order valence-corrected chi connectivity index (χ2v) is 6.52. The second-order valence-electron chi connectivity index (χ2n) is 6.52. The zero-order valence-corrected chi connectivity index (χ0v) is 12.2. The number of imidazole rings is 1. The first-order chi connectivity index (χ1) is 8.52. The van der Waals surface area contributed by atoms with Crippen LogP contribution in [0, 0.1) is 5.41 Å². The summed E-state index contributed by atoms with van der Waals surface area (Å²) in [6, 6.07) is 1.12. The van der Waals surface area contributed by atoms with Gasteiger partial charge < -0.3 is 9.88 Å². The fraction of sp³-hybridized carbons (Fsp3) is 0.800. The highest BCUT2D eigenvalue weighted by Gasteiger charge is 2.24. The number of hydrogen-bond acceptors (Lipinski definition) is 2. The van der Waals surface area contributed by atoms with E-state index in [2.05, 4.69) is 42.6 Å². The van der Waals surface area contributed by atoms with Gasteiger partial charge in [0.25, 0.3) is 0 Å². The van der Waals surface area contributed by atoms with Gasteiger partial charge in [0.15, 0.2) is 0 Å². The summed E-state index contributed by atoms with van der Waals surface area (Å²) >= 11 is 0. The van der Waals surface area contributed by atoms with Crippen LogP contribution in [0.5, 0.6) is 0 Å². The number of hydrogen-bond donors (Lipinski definition) is 1. The Kier molecular flexibility index (Phi) is 4.10. The summed E-state index contributed by atoms with van der Waals surface area (Å²) < 4.78 is 2.35. The molecular formula is C15H27N3. The van der Waals surface area contributed by atoms with Crippen LogP contribution in [0.1, 0.15) is 65.1 Å². The van der Waals surface area contributed by atoms with Crippen molar-refractivity contribution in [1.29, 1.82) is 0 Å². The first-order valence-corrected chi connectivity index (χ1v) is 7.28. The average Bonchev–Trinajstić information content (AvgIpc) is 2.76. The molecule has 102 valence electrons. The molecule has 3 nitrogen and oxygen atoms in total. The standard InChI is InChI=1S/C15H27N3/c1-5-15(3,4)10-18-11-16-9-14(18)13-8-6-7-12(2)17-13/h9,11-13,17H,5-8,10H2,1-4H3. The van der Waals surface area contributed by atoms with Crippen LogP contribution >= 0.6 is 0 Å². The van der Waals surface area contributed by atoms with Gasteiger partial charge in [0.1, 0.15) is 0 Å². The molecule has 1 fully saturated rings. The van der Waals surface area contributed by atoms with E-state index in [1.165, 1.54) is 31.4 Å². The monoisotopic (exact) mass is 249 g/mol. The molecule has 2 rings (SSSR count). The molecule has 3 heteroatoms. The number of rotatable bonds is 4.